The van der Waals surface area contributed by atoms with Crippen molar-refractivity contribution in [3.8, 4) is 11.6 Å². The molecular formula is C14H12BrN3OS. The van der Waals surface area contributed by atoms with E-state index < -0.39 is 0 Å². The van der Waals surface area contributed by atoms with Crippen LogP contribution in [0.25, 0.3) is 10.2 Å². The lowest BCUT2D eigenvalue weighted by atomic mass is 10.2. The number of fused-ring (bicyclic) bond motifs is 1. The lowest BCUT2D eigenvalue weighted by Crippen LogP contribution is -1.93. The summed E-state index contributed by atoms with van der Waals surface area (Å²) in [7, 11) is 0. The minimum absolute atomic E-state index is 0.558. The fourth-order valence-corrected chi connectivity index (χ4v) is 3.27. The van der Waals surface area contributed by atoms with Crippen molar-refractivity contribution in [1.29, 1.82) is 0 Å². The van der Waals surface area contributed by atoms with Crippen molar-refractivity contribution in [1.82, 2.24) is 9.97 Å². The molecule has 102 valence electrons. The summed E-state index contributed by atoms with van der Waals surface area (Å²) in [6, 6.07) is 5.51. The zero-order chi connectivity index (χ0) is 14.3. The maximum atomic E-state index is 5.93. The van der Waals surface area contributed by atoms with Crippen molar-refractivity contribution in [2.75, 3.05) is 5.73 Å². The summed E-state index contributed by atoms with van der Waals surface area (Å²) in [6.07, 6.45) is 1.52. The Balaban J connectivity index is 2.13. The van der Waals surface area contributed by atoms with Gasteiger partial charge in [-0.1, -0.05) is 6.07 Å². The molecule has 2 aromatic heterocycles. The highest BCUT2D eigenvalue weighted by Crippen LogP contribution is 2.38. The van der Waals surface area contributed by atoms with Gasteiger partial charge in [-0.25, -0.2) is 9.97 Å². The molecule has 0 saturated carbocycles. The molecular weight excluding hydrogens is 338 g/mol. The third-order valence-electron chi connectivity index (χ3n) is 3.13. The molecule has 2 heterocycles. The van der Waals surface area contributed by atoms with E-state index in [9.17, 15) is 0 Å². The summed E-state index contributed by atoms with van der Waals surface area (Å²) in [5.74, 6) is 1.21. The molecule has 0 aliphatic rings. The Kier molecular flexibility index (Phi) is 3.35. The molecule has 0 unspecified atom stereocenters. The molecule has 0 fully saturated rings. The van der Waals surface area contributed by atoms with E-state index in [0.29, 0.717) is 17.3 Å². The number of hydrogen-bond donors (Lipinski definition) is 1. The van der Waals surface area contributed by atoms with Crippen LogP contribution >= 0.6 is 27.3 Å². The van der Waals surface area contributed by atoms with Gasteiger partial charge in [-0.3, -0.25) is 0 Å². The summed E-state index contributed by atoms with van der Waals surface area (Å²) in [5, 5.41) is 0.962. The molecule has 0 aliphatic carbocycles. The van der Waals surface area contributed by atoms with Gasteiger partial charge in [0, 0.05) is 10.6 Å². The van der Waals surface area contributed by atoms with Crippen molar-refractivity contribution in [3.63, 3.8) is 0 Å². The van der Waals surface area contributed by atoms with Gasteiger partial charge < -0.3 is 10.5 Å². The van der Waals surface area contributed by atoms with Crippen LogP contribution in [0.4, 0.5) is 5.69 Å². The third-order valence-corrected chi connectivity index (χ3v) is 5.09. The van der Waals surface area contributed by atoms with E-state index in [0.717, 1.165) is 20.3 Å². The molecule has 0 saturated heterocycles. The van der Waals surface area contributed by atoms with Gasteiger partial charge in [0.15, 0.2) is 0 Å². The molecule has 0 atom stereocenters. The number of nitrogen functional groups attached to an aromatic ring is 1. The molecule has 1 aromatic carbocycles. The maximum Gasteiger partial charge on any atom is 0.231 e. The Labute approximate surface area is 128 Å². The van der Waals surface area contributed by atoms with Gasteiger partial charge in [-0.2, -0.15) is 0 Å². The molecule has 6 heteroatoms. The van der Waals surface area contributed by atoms with Gasteiger partial charge in [-0.15, -0.1) is 11.3 Å². The van der Waals surface area contributed by atoms with Crippen LogP contribution < -0.4 is 10.5 Å². The first kappa shape index (κ1) is 13.3. The van der Waals surface area contributed by atoms with Gasteiger partial charge in [0.2, 0.25) is 5.88 Å². The number of rotatable bonds is 2. The number of ether oxygens (including phenoxy) is 1. The number of nitrogens with zero attached hydrogens (tertiary/aromatic N) is 2. The van der Waals surface area contributed by atoms with E-state index in [4.69, 9.17) is 10.5 Å². The van der Waals surface area contributed by atoms with Crippen molar-refractivity contribution < 1.29 is 4.74 Å². The Morgan fingerprint density at radius 2 is 2.05 bits per heavy atom. The predicted molar refractivity (Wildman–Crippen MR) is 85.5 cm³/mol. The maximum absolute atomic E-state index is 5.93. The summed E-state index contributed by atoms with van der Waals surface area (Å²) in [6.45, 7) is 4.13. The topological polar surface area (TPSA) is 61.0 Å². The number of halogens is 1. The van der Waals surface area contributed by atoms with Crippen LogP contribution in [0.15, 0.2) is 29.0 Å². The van der Waals surface area contributed by atoms with Crippen LogP contribution in [0.2, 0.25) is 0 Å². The smallest absolute Gasteiger partial charge is 0.231 e. The highest BCUT2D eigenvalue weighted by atomic mass is 79.9. The summed E-state index contributed by atoms with van der Waals surface area (Å²) in [5.41, 5.74) is 7.65. The van der Waals surface area contributed by atoms with Crippen molar-refractivity contribution in [3.05, 3.63) is 39.4 Å². The first-order valence-electron chi connectivity index (χ1n) is 6.00. The van der Waals surface area contributed by atoms with Gasteiger partial charge in [0.25, 0.3) is 0 Å². The SMILES string of the molecule is Cc1sc2ncnc(Oc3cccc(N)c3Br)c2c1C. The van der Waals surface area contributed by atoms with Crippen molar-refractivity contribution in [2.45, 2.75) is 13.8 Å². The minimum Gasteiger partial charge on any atom is -0.437 e. The first-order chi connectivity index (χ1) is 9.58. The monoisotopic (exact) mass is 349 g/mol. The molecule has 0 amide bonds. The molecule has 0 radical (unpaired) electrons. The van der Waals surface area contributed by atoms with E-state index in [1.54, 1.807) is 11.3 Å². The predicted octanol–water partition coefficient (Wildman–Crippen LogP) is 4.45. The molecule has 3 rings (SSSR count). The minimum atomic E-state index is 0.558. The standard InChI is InChI=1S/C14H12BrN3OS/c1-7-8(2)20-14-11(7)13(17-6-18-14)19-10-5-3-4-9(16)12(10)15/h3-6H,16H2,1-2H3. The second-order valence-corrected chi connectivity index (χ2v) is 6.40. The molecule has 0 spiro atoms. The highest BCUT2D eigenvalue weighted by molar-refractivity contribution is 9.10. The normalized spacial score (nSPS) is 10.9. The third kappa shape index (κ3) is 2.14. The highest BCUT2D eigenvalue weighted by Gasteiger charge is 2.15. The quantitative estimate of drug-likeness (QED) is 0.694. The van der Waals surface area contributed by atoms with Crippen LogP contribution in [0, 0.1) is 13.8 Å². The van der Waals surface area contributed by atoms with Gasteiger partial charge in [-0.05, 0) is 47.5 Å². The summed E-state index contributed by atoms with van der Waals surface area (Å²) in [4.78, 5) is 10.7. The molecule has 2 N–H and O–H groups in total. The molecule has 0 aliphatic heterocycles. The van der Waals surface area contributed by atoms with Gasteiger partial charge >= 0.3 is 0 Å². The number of aryl methyl sites for hydroxylation is 2. The number of nitrogens with two attached hydrogens (primary N) is 1. The van der Waals surface area contributed by atoms with E-state index in [1.807, 2.05) is 18.2 Å². The average molecular weight is 350 g/mol. The number of thiophene rings is 1. The molecule has 3 aromatic rings. The largest absolute Gasteiger partial charge is 0.437 e. The van der Waals surface area contributed by atoms with Gasteiger partial charge in [0.05, 0.1) is 9.86 Å². The average Bonchev–Trinajstić information content (AvgIpc) is 2.72. The number of aromatic nitrogens is 2. The van der Waals surface area contributed by atoms with Crippen LogP contribution in [-0.2, 0) is 0 Å². The summed E-state index contributed by atoms with van der Waals surface area (Å²) < 4.78 is 6.66. The second kappa shape index (κ2) is 5.03. The Bertz CT molecular complexity index is 800. The van der Waals surface area contributed by atoms with E-state index in [-0.39, 0.29) is 0 Å². The Morgan fingerprint density at radius 3 is 2.85 bits per heavy atom. The first-order valence-corrected chi connectivity index (χ1v) is 7.61. The van der Waals surface area contributed by atoms with Crippen molar-refractivity contribution in [2.24, 2.45) is 0 Å². The van der Waals surface area contributed by atoms with Crippen LogP contribution in [0.3, 0.4) is 0 Å². The molecule has 0 bridgehead atoms. The number of anilines is 1. The van der Waals surface area contributed by atoms with Crippen LogP contribution in [0.1, 0.15) is 10.4 Å². The fourth-order valence-electron chi connectivity index (χ4n) is 1.94. The van der Waals surface area contributed by atoms with Gasteiger partial charge in [0.1, 0.15) is 16.9 Å². The summed E-state index contributed by atoms with van der Waals surface area (Å²) >= 11 is 5.08. The Hall–Kier alpha value is -1.66. The lowest BCUT2D eigenvalue weighted by molar-refractivity contribution is 0.465. The zero-order valence-electron chi connectivity index (χ0n) is 11.0. The van der Waals surface area contributed by atoms with E-state index in [2.05, 4.69) is 39.7 Å². The molecule has 20 heavy (non-hydrogen) atoms. The van der Waals surface area contributed by atoms with Crippen LogP contribution in [0.5, 0.6) is 11.6 Å². The number of hydrogen-bond acceptors (Lipinski definition) is 5. The zero-order valence-corrected chi connectivity index (χ0v) is 13.4. The van der Waals surface area contributed by atoms with E-state index >= 15 is 0 Å². The van der Waals surface area contributed by atoms with Crippen molar-refractivity contribution >= 4 is 43.2 Å². The fraction of sp³-hybridized carbons (Fsp3) is 0.143. The second-order valence-electron chi connectivity index (χ2n) is 4.40. The molecule has 4 nitrogen and oxygen atoms in total. The Morgan fingerprint density at radius 1 is 1.25 bits per heavy atom. The number of benzene rings is 1. The van der Waals surface area contributed by atoms with Crippen LogP contribution in [-0.4, -0.2) is 9.97 Å². The lowest BCUT2D eigenvalue weighted by Gasteiger charge is -2.09. The van der Waals surface area contributed by atoms with E-state index in [1.165, 1.54) is 11.2 Å².